The summed E-state index contributed by atoms with van der Waals surface area (Å²) in [5.41, 5.74) is 2.08. The molecule has 2 aromatic carbocycles. The molecule has 2 heterocycles. The van der Waals surface area contributed by atoms with E-state index in [2.05, 4.69) is 17.1 Å². The minimum Gasteiger partial charge on any atom is -0.459 e. The molecular formula is C20H16N2O2S. The van der Waals surface area contributed by atoms with Gasteiger partial charge in [0.05, 0.1) is 16.5 Å². The zero-order valence-corrected chi connectivity index (χ0v) is 14.3. The first-order valence-corrected chi connectivity index (χ1v) is 8.88. The number of anilines is 1. The van der Waals surface area contributed by atoms with Gasteiger partial charge in [-0.05, 0) is 36.2 Å². The lowest BCUT2D eigenvalue weighted by molar-refractivity contribution is 0.0960. The molecule has 0 atom stereocenters. The minimum absolute atomic E-state index is 0.167. The third-order valence-corrected chi connectivity index (χ3v) is 5.02. The SMILES string of the molecule is O=C(c1ccco1)N(CCc1ccccc1)c1nc2ccccc2s1. The molecule has 0 saturated heterocycles. The highest BCUT2D eigenvalue weighted by Crippen LogP contribution is 2.29. The van der Waals surface area contributed by atoms with Gasteiger partial charge in [0.15, 0.2) is 10.9 Å². The molecule has 0 fully saturated rings. The molecule has 0 bridgehead atoms. The zero-order valence-electron chi connectivity index (χ0n) is 13.5. The molecule has 4 nitrogen and oxygen atoms in total. The minimum atomic E-state index is -0.167. The number of benzene rings is 2. The predicted molar refractivity (Wildman–Crippen MR) is 100 cm³/mol. The molecule has 124 valence electrons. The van der Waals surface area contributed by atoms with Crippen LogP contribution >= 0.6 is 11.3 Å². The summed E-state index contributed by atoms with van der Waals surface area (Å²) >= 11 is 1.52. The largest absolute Gasteiger partial charge is 0.459 e. The fourth-order valence-corrected chi connectivity index (χ4v) is 3.67. The highest BCUT2D eigenvalue weighted by molar-refractivity contribution is 7.22. The summed E-state index contributed by atoms with van der Waals surface area (Å²) in [6.45, 7) is 0.545. The van der Waals surface area contributed by atoms with Crippen LogP contribution in [0.4, 0.5) is 5.13 Å². The van der Waals surface area contributed by atoms with Crippen molar-refractivity contribution in [2.45, 2.75) is 6.42 Å². The highest BCUT2D eigenvalue weighted by atomic mass is 32.1. The van der Waals surface area contributed by atoms with Crippen molar-refractivity contribution in [1.82, 2.24) is 4.98 Å². The van der Waals surface area contributed by atoms with Gasteiger partial charge in [0.2, 0.25) is 0 Å². The van der Waals surface area contributed by atoms with E-state index < -0.39 is 0 Å². The van der Waals surface area contributed by atoms with Crippen LogP contribution in [0.5, 0.6) is 0 Å². The normalized spacial score (nSPS) is 10.9. The van der Waals surface area contributed by atoms with Crippen LogP contribution in [-0.4, -0.2) is 17.4 Å². The number of para-hydroxylation sites is 1. The Bertz CT molecular complexity index is 944. The Morgan fingerprint density at radius 1 is 1.00 bits per heavy atom. The first kappa shape index (κ1) is 15.6. The van der Waals surface area contributed by atoms with Gasteiger partial charge < -0.3 is 4.42 Å². The molecule has 0 aliphatic heterocycles. The maximum Gasteiger partial charge on any atom is 0.295 e. The highest BCUT2D eigenvalue weighted by Gasteiger charge is 2.23. The molecule has 1 amide bonds. The van der Waals surface area contributed by atoms with Gasteiger partial charge >= 0.3 is 0 Å². The third kappa shape index (κ3) is 3.32. The number of hydrogen-bond donors (Lipinski definition) is 0. The Hall–Kier alpha value is -2.92. The molecular weight excluding hydrogens is 332 g/mol. The van der Waals surface area contributed by atoms with Crippen molar-refractivity contribution >= 4 is 32.6 Å². The first-order valence-electron chi connectivity index (χ1n) is 8.06. The van der Waals surface area contributed by atoms with Crippen LogP contribution in [0.1, 0.15) is 16.1 Å². The van der Waals surface area contributed by atoms with E-state index in [1.165, 1.54) is 23.2 Å². The van der Waals surface area contributed by atoms with Crippen LogP contribution < -0.4 is 4.90 Å². The monoisotopic (exact) mass is 348 g/mol. The maximum absolute atomic E-state index is 12.9. The lowest BCUT2D eigenvalue weighted by Gasteiger charge is -2.18. The Kier molecular flexibility index (Phi) is 4.31. The topological polar surface area (TPSA) is 46.3 Å². The quantitative estimate of drug-likeness (QED) is 0.521. The van der Waals surface area contributed by atoms with Crippen LogP contribution in [0.25, 0.3) is 10.2 Å². The number of furan rings is 1. The van der Waals surface area contributed by atoms with Crippen LogP contribution in [0.2, 0.25) is 0 Å². The van der Waals surface area contributed by atoms with Crippen LogP contribution in [0, 0.1) is 0 Å². The Morgan fingerprint density at radius 2 is 1.80 bits per heavy atom. The van der Waals surface area contributed by atoms with Gasteiger partial charge in [0, 0.05) is 6.54 Å². The maximum atomic E-state index is 12.9. The molecule has 0 N–H and O–H groups in total. The third-order valence-electron chi connectivity index (χ3n) is 3.96. The molecule has 0 aliphatic carbocycles. The summed E-state index contributed by atoms with van der Waals surface area (Å²) in [4.78, 5) is 19.2. The fourth-order valence-electron chi connectivity index (χ4n) is 2.68. The second-order valence-corrected chi connectivity index (χ2v) is 6.64. The molecule has 0 spiro atoms. The Labute approximate surface area is 149 Å². The summed E-state index contributed by atoms with van der Waals surface area (Å²) in [7, 11) is 0. The molecule has 0 radical (unpaired) electrons. The molecule has 25 heavy (non-hydrogen) atoms. The number of rotatable bonds is 5. The van der Waals surface area contributed by atoms with Gasteiger partial charge in [0.25, 0.3) is 5.91 Å². The zero-order chi connectivity index (χ0) is 17.1. The number of carbonyl (C=O) groups is 1. The molecule has 0 saturated carbocycles. The van der Waals surface area contributed by atoms with Crippen LogP contribution in [0.15, 0.2) is 77.4 Å². The summed E-state index contributed by atoms with van der Waals surface area (Å²) in [5, 5.41) is 0.693. The van der Waals surface area contributed by atoms with E-state index in [-0.39, 0.29) is 5.91 Å². The second kappa shape index (κ2) is 6.91. The number of thiazole rings is 1. The molecule has 2 aromatic heterocycles. The van der Waals surface area contributed by atoms with E-state index in [9.17, 15) is 4.79 Å². The van der Waals surface area contributed by atoms with Crippen molar-refractivity contribution in [3.8, 4) is 0 Å². The van der Waals surface area contributed by atoms with Crippen molar-refractivity contribution in [3.63, 3.8) is 0 Å². The lowest BCUT2D eigenvalue weighted by atomic mass is 10.1. The van der Waals surface area contributed by atoms with Crippen molar-refractivity contribution in [2.75, 3.05) is 11.4 Å². The van der Waals surface area contributed by atoms with E-state index >= 15 is 0 Å². The van der Waals surface area contributed by atoms with Gasteiger partial charge in [-0.2, -0.15) is 0 Å². The lowest BCUT2D eigenvalue weighted by Crippen LogP contribution is -2.32. The predicted octanol–water partition coefficient (Wildman–Crippen LogP) is 4.78. The fraction of sp³-hybridized carbons (Fsp3) is 0.100. The number of nitrogens with zero attached hydrogens (tertiary/aromatic N) is 2. The van der Waals surface area contributed by atoms with E-state index in [0.29, 0.717) is 17.4 Å². The van der Waals surface area contributed by atoms with Crippen molar-refractivity contribution in [1.29, 1.82) is 0 Å². The molecule has 0 unspecified atom stereocenters. The molecule has 4 aromatic rings. The van der Waals surface area contributed by atoms with Gasteiger partial charge in [-0.25, -0.2) is 4.98 Å². The molecule has 5 heteroatoms. The van der Waals surface area contributed by atoms with Crippen molar-refractivity contribution < 1.29 is 9.21 Å². The van der Waals surface area contributed by atoms with Crippen LogP contribution in [0.3, 0.4) is 0 Å². The summed E-state index contributed by atoms with van der Waals surface area (Å²) in [6, 6.07) is 21.4. The van der Waals surface area contributed by atoms with Gasteiger partial charge in [-0.15, -0.1) is 0 Å². The smallest absolute Gasteiger partial charge is 0.295 e. The standard InChI is InChI=1S/C20H16N2O2S/c23-19(17-10-6-14-24-17)22(13-12-15-7-2-1-3-8-15)20-21-16-9-4-5-11-18(16)25-20/h1-11,14H,12-13H2. The summed E-state index contributed by atoms with van der Waals surface area (Å²) in [6.07, 6.45) is 2.27. The van der Waals surface area contributed by atoms with E-state index in [4.69, 9.17) is 4.42 Å². The summed E-state index contributed by atoms with van der Waals surface area (Å²) < 4.78 is 6.37. The van der Waals surface area contributed by atoms with Crippen molar-refractivity contribution in [2.24, 2.45) is 0 Å². The average Bonchev–Trinajstić information content (AvgIpc) is 3.32. The first-order chi connectivity index (χ1) is 12.3. The Morgan fingerprint density at radius 3 is 2.56 bits per heavy atom. The average molecular weight is 348 g/mol. The van der Waals surface area contributed by atoms with Gasteiger partial charge in [-0.3, -0.25) is 9.69 Å². The van der Waals surface area contributed by atoms with E-state index in [0.717, 1.165) is 16.6 Å². The molecule has 0 aliphatic rings. The van der Waals surface area contributed by atoms with E-state index in [1.54, 1.807) is 17.0 Å². The second-order valence-electron chi connectivity index (χ2n) is 5.63. The van der Waals surface area contributed by atoms with Crippen LogP contribution in [-0.2, 0) is 6.42 Å². The van der Waals surface area contributed by atoms with Crippen molar-refractivity contribution in [3.05, 3.63) is 84.3 Å². The molecule has 4 rings (SSSR count). The number of amides is 1. The number of aromatic nitrogens is 1. The summed E-state index contributed by atoms with van der Waals surface area (Å²) in [5.74, 6) is 0.160. The van der Waals surface area contributed by atoms with E-state index in [1.807, 2.05) is 42.5 Å². The van der Waals surface area contributed by atoms with Gasteiger partial charge in [0.1, 0.15) is 0 Å². The Balaban J connectivity index is 1.66. The number of carbonyl (C=O) groups excluding carboxylic acids is 1. The van der Waals surface area contributed by atoms with Gasteiger partial charge in [-0.1, -0.05) is 53.8 Å². The number of fused-ring (bicyclic) bond motifs is 1. The number of hydrogen-bond acceptors (Lipinski definition) is 4.